The van der Waals surface area contributed by atoms with E-state index in [1.165, 1.54) is 10.4 Å². The first-order chi connectivity index (χ1) is 9.33. The number of benzene rings is 1. The number of thiophene rings is 1. The van der Waals surface area contributed by atoms with Crippen LogP contribution in [0.1, 0.15) is 10.4 Å². The molecule has 2 aromatic rings. The van der Waals surface area contributed by atoms with Crippen LogP contribution >= 0.6 is 11.3 Å². The molecule has 0 radical (unpaired) electrons. The highest BCUT2D eigenvalue weighted by Crippen LogP contribution is 2.23. The quantitative estimate of drug-likeness (QED) is 0.836. The molecule has 0 spiro atoms. The van der Waals surface area contributed by atoms with Gasteiger partial charge in [-0.3, -0.25) is 0 Å². The second-order valence-corrected chi connectivity index (χ2v) is 5.76. The third-order valence-electron chi connectivity index (χ3n) is 3.26. The van der Waals surface area contributed by atoms with E-state index in [-0.39, 0.29) is 0 Å². The first kappa shape index (κ1) is 14.1. The number of hydrogen-bond acceptors (Lipinski definition) is 3. The van der Waals surface area contributed by atoms with Crippen LogP contribution in [-0.4, -0.2) is 20.7 Å². The number of nitrogens with one attached hydrogen (secondary N) is 1. The molecule has 2 rings (SSSR count). The minimum Gasteiger partial charge on any atom is -0.496 e. The number of para-hydroxylation sites is 1. The lowest BCUT2D eigenvalue weighted by Gasteiger charge is -2.17. The van der Waals surface area contributed by atoms with E-state index >= 15 is 0 Å². The van der Waals surface area contributed by atoms with Crippen molar-refractivity contribution in [1.82, 2.24) is 5.32 Å². The van der Waals surface area contributed by atoms with Crippen molar-refractivity contribution >= 4 is 11.3 Å². The van der Waals surface area contributed by atoms with Gasteiger partial charge in [-0.25, -0.2) is 0 Å². The van der Waals surface area contributed by atoms with Gasteiger partial charge < -0.3 is 10.1 Å². The van der Waals surface area contributed by atoms with Crippen LogP contribution in [0.15, 0.2) is 41.8 Å². The molecule has 0 aliphatic heterocycles. The Balaban J connectivity index is 2.07. The van der Waals surface area contributed by atoms with Crippen molar-refractivity contribution in [3.8, 4) is 5.75 Å². The minimum atomic E-state index is 0.597. The van der Waals surface area contributed by atoms with E-state index in [0.717, 1.165) is 25.1 Å². The van der Waals surface area contributed by atoms with Gasteiger partial charge in [-0.1, -0.05) is 24.3 Å². The van der Waals surface area contributed by atoms with Crippen molar-refractivity contribution in [3.05, 3.63) is 52.2 Å². The zero-order chi connectivity index (χ0) is 13.5. The molecule has 0 fully saturated rings. The summed E-state index contributed by atoms with van der Waals surface area (Å²) in [7, 11) is 3.76. The lowest BCUT2D eigenvalue weighted by molar-refractivity contribution is 0.402. The standard InChI is InChI=1S/C16H21NOS/c1-17-12-13(11-15-7-5-9-19-15)10-14-6-3-4-8-16(14)18-2/h3-9,13,17H,10-12H2,1-2H3. The van der Waals surface area contributed by atoms with Crippen molar-refractivity contribution in [2.45, 2.75) is 12.8 Å². The van der Waals surface area contributed by atoms with Gasteiger partial charge in [0.25, 0.3) is 0 Å². The molecule has 0 aliphatic rings. The Labute approximate surface area is 119 Å². The SMILES string of the molecule is CNCC(Cc1cccs1)Cc1ccccc1OC. The molecule has 2 nitrogen and oxygen atoms in total. The Morgan fingerprint density at radius 2 is 2.00 bits per heavy atom. The van der Waals surface area contributed by atoms with Crippen molar-refractivity contribution in [1.29, 1.82) is 0 Å². The summed E-state index contributed by atoms with van der Waals surface area (Å²) in [4.78, 5) is 1.45. The van der Waals surface area contributed by atoms with Crippen LogP contribution in [0.5, 0.6) is 5.75 Å². The van der Waals surface area contributed by atoms with Gasteiger partial charge in [-0.2, -0.15) is 0 Å². The summed E-state index contributed by atoms with van der Waals surface area (Å²) in [5.74, 6) is 1.59. The Hall–Kier alpha value is -1.32. The van der Waals surface area contributed by atoms with E-state index in [2.05, 4.69) is 35.0 Å². The fourth-order valence-electron chi connectivity index (χ4n) is 2.40. The van der Waals surface area contributed by atoms with Crippen LogP contribution in [0.4, 0.5) is 0 Å². The third-order valence-corrected chi connectivity index (χ3v) is 4.16. The average Bonchev–Trinajstić information content (AvgIpc) is 2.92. The van der Waals surface area contributed by atoms with Gasteiger partial charge in [0.05, 0.1) is 7.11 Å². The number of methoxy groups -OCH3 is 1. The summed E-state index contributed by atoms with van der Waals surface area (Å²) in [5, 5.41) is 5.45. The second-order valence-electron chi connectivity index (χ2n) is 4.72. The van der Waals surface area contributed by atoms with Crippen molar-refractivity contribution < 1.29 is 4.74 Å². The van der Waals surface area contributed by atoms with E-state index in [9.17, 15) is 0 Å². The Morgan fingerprint density at radius 3 is 2.68 bits per heavy atom. The van der Waals surface area contributed by atoms with Gasteiger partial charge >= 0.3 is 0 Å². The zero-order valence-electron chi connectivity index (χ0n) is 11.6. The Bertz CT molecular complexity index is 481. The van der Waals surface area contributed by atoms with Gasteiger partial charge in [0.2, 0.25) is 0 Å². The molecule has 0 saturated carbocycles. The predicted octanol–water partition coefficient (Wildman–Crippen LogP) is 3.38. The molecule has 1 atom stereocenters. The molecule has 19 heavy (non-hydrogen) atoms. The molecular weight excluding hydrogens is 254 g/mol. The zero-order valence-corrected chi connectivity index (χ0v) is 12.4. The van der Waals surface area contributed by atoms with Crippen molar-refractivity contribution in [2.24, 2.45) is 5.92 Å². The Morgan fingerprint density at radius 1 is 1.16 bits per heavy atom. The maximum atomic E-state index is 5.44. The molecule has 0 amide bonds. The van der Waals surface area contributed by atoms with E-state index < -0.39 is 0 Å². The van der Waals surface area contributed by atoms with Crippen LogP contribution in [0.25, 0.3) is 0 Å². The highest BCUT2D eigenvalue weighted by Gasteiger charge is 2.13. The van der Waals surface area contributed by atoms with Crippen molar-refractivity contribution in [3.63, 3.8) is 0 Å². The third kappa shape index (κ3) is 4.08. The lowest BCUT2D eigenvalue weighted by atomic mass is 9.95. The summed E-state index contributed by atoms with van der Waals surface area (Å²) >= 11 is 1.84. The Kier molecular flexibility index (Phi) is 5.43. The number of rotatable bonds is 7. The molecule has 1 aromatic carbocycles. The summed E-state index contributed by atoms with van der Waals surface area (Å²) < 4.78 is 5.44. The fraction of sp³-hybridized carbons (Fsp3) is 0.375. The monoisotopic (exact) mass is 275 g/mol. The van der Waals surface area contributed by atoms with Gasteiger partial charge in [0.15, 0.2) is 0 Å². The maximum absolute atomic E-state index is 5.44. The molecule has 0 saturated heterocycles. The van der Waals surface area contributed by atoms with Gasteiger partial charge in [-0.05, 0) is 55.4 Å². The average molecular weight is 275 g/mol. The summed E-state index contributed by atoms with van der Waals surface area (Å²) in [6.07, 6.45) is 2.17. The van der Waals surface area contributed by atoms with E-state index in [4.69, 9.17) is 4.74 Å². The summed E-state index contributed by atoms with van der Waals surface area (Å²) in [6, 6.07) is 12.6. The molecule has 1 aromatic heterocycles. The highest BCUT2D eigenvalue weighted by molar-refractivity contribution is 7.09. The molecule has 3 heteroatoms. The van der Waals surface area contributed by atoms with Gasteiger partial charge in [-0.15, -0.1) is 11.3 Å². The molecule has 0 aliphatic carbocycles. The second kappa shape index (κ2) is 7.31. The van der Waals surface area contributed by atoms with Crippen LogP contribution in [-0.2, 0) is 12.8 Å². The topological polar surface area (TPSA) is 21.3 Å². The number of hydrogen-bond donors (Lipinski definition) is 1. The molecule has 0 bridgehead atoms. The molecule has 1 heterocycles. The van der Waals surface area contributed by atoms with Crippen molar-refractivity contribution in [2.75, 3.05) is 20.7 Å². The van der Waals surface area contributed by atoms with E-state index in [0.29, 0.717) is 5.92 Å². The lowest BCUT2D eigenvalue weighted by Crippen LogP contribution is -2.22. The van der Waals surface area contributed by atoms with E-state index in [1.807, 2.05) is 30.5 Å². The minimum absolute atomic E-state index is 0.597. The van der Waals surface area contributed by atoms with Gasteiger partial charge in [0, 0.05) is 4.88 Å². The number of ether oxygens (including phenoxy) is 1. The molecule has 1 N–H and O–H groups in total. The predicted molar refractivity (Wildman–Crippen MR) is 82.1 cm³/mol. The van der Waals surface area contributed by atoms with E-state index in [1.54, 1.807) is 7.11 Å². The smallest absolute Gasteiger partial charge is 0.122 e. The highest BCUT2D eigenvalue weighted by atomic mass is 32.1. The van der Waals surface area contributed by atoms with Crippen LogP contribution < -0.4 is 10.1 Å². The summed E-state index contributed by atoms with van der Waals surface area (Å²) in [6.45, 7) is 1.02. The molecule has 1 unspecified atom stereocenters. The summed E-state index contributed by atoms with van der Waals surface area (Å²) in [5.41, 5.74) is 1.29. The fourth-order valence-corrected chi connectivity index (χ4v) is 3.22. The van der Waals surface area contributed by atoms with Crippen LogP contribution in [0.2, 0.25) is 0 Å². The molecule has 102 valence electrons. The maximum Gasteiger partial charge on any atom is 0.122 e. The first-order valence-corrected chi connectivity index (χ1v) is 7.50. The largest absolute Gasteiger partial charge is 0.496 e. The van der Waals surface area contributed by atoms with Gasteiger partial charge in [0.1, 0.15) is 5.75 Å². The van der Waals surface area contributed by atoms with Crippen LogP contribution in [0, 0.1) is 5.92 Å². The van der Waals surface area contributed by atoms with Crippen LogP contribution in [0.3, 0.4) is 0 Å². The first-order valence-electron chi connectivity index (χ1n) is 6.62. The normalized spacial score (nSPS) is 12.3. The molecular formula is C16H21NOS.